The molecule has 8 aliphatic rings. The zero-order chi connectivity index (χ0) is 105. The number of amides is 6. The minimum Gasteiger partial charge on any atom is -1.00 e. The van der Waals surface area contributed by atoms with E-state index in [1.54, 1.807) is 55.6 Å². The summed E-state index contributed by atoms with van der Waals surface area (Å²) in [5.41, 5.74) is 8.37. The van der Waals surface area contributed by atoms with Gasteiger partial charge in [-0.2, -0.15) is 55.3 Å². The minimum atomic E-state index is -4.67. The first-order valence-corrected chi connectivity index (χ1v) is 51.0. The summed E-state index contributed by atoms with van der Waals surface area (Å²) >= 11 is 15.2. The third-order valence-electron chi connectivity index (χ3n) is 18.1. The zero-order valence-corrected chi connectivity index (χ0v) is 101. The average Bonchev–Trinajstić information content (AvgIpc) is 1.64. The number of carbonyl (C=O) groups is 8. The number of fused-ring (bicyclic) bond motifs is 2. The molecule has 0 spiro atoms. The molecule has 43 nitrogen and oxygen atoms in total. The van der Waals surface area contributed by atoms with Crippen molar-refractivity contribution in [1.82, 2.24) is 56.1 Å². The maximum atomic E-state index is 11.8. The molecule has 5 aromatic carbocycles. The van der Waals surface area contributed by atoms with Crippen molar-refractivity contribution >= 4 is 181 Å². The summed E-state index contributed by atoms with van der Waals surface area (Å²) < 4.78 is 49.5. The van der Waals surface area contributed by atoms with Crippen LogP contribution in [0.3, 0.4) is 0 Å². The number of nitrogens with two attached hydrogens (primary N) is 3. The molecule has 0 bridgehead atoms. The van der Waals surface area contributed by atoms with Gasteiger partial charge in [0.25, 0.3) is 36.0 Å². The number of hydroxylamine groups is 9. The number of imide groups is 2. The van der Waals surface area contributed by atoms with Crippen LogP contribution in [0.2, 0.25) is 5.28 Å². The number of hydrazine groups is 1. The molecule has 4 heterocycles. The first-order valence-electron chi connectivity index (χ1n) is 46.1. The monoisotopic (exact) mass is 2470 g/mol. The van der Waals surface area contributed by atoms with Crippen molar-refractivity contribution in [3.8, 4) is 0 Å². The number of hydrogen-bond donors (Lipinski definition) is 12. The van der Waals surface area contributed by atoms with Crippen LogP contribution >= 0.6 is 93.2 Å². The van der Waals surface area contributed by atoms with Crippen molar-refractivity contribution in [3.05, 3.63) is 188 Å². The molecule has 53 heteroatoms. The van der Waals surface area contributed by atoms with Gasteiger partial charge < -0.3 is 79.3 Å². The van der Waals surface area contributed by atoms with Gasteiger partial charge in [0.15, 0.2) is 0 Å². The number of hydrogen-bond acceptors (Lipinski definition) is 37. The van der Waals surface area contributed by atoms with Gasteiger partial charge in [-0.05, 0) is 195 Å². The summed E-state index contributed by atoms with van der Waals surface area (Å²) in [4.78, 5) is 146. The largest absolute Gasteiger partial charge is 1.00 e. The molecule has 811 valence electrons. The molecular formula is C93H144Cl4I2K2N19O24SV-. The normalized spacial score (nSPS) is 13.2. The van der Waals surface area contributed by atoms with E-state index in [0.717, 1.165) is 118 Å². The molecule has 0 atom stereocenters. The van der Waals surface area contributed by atoms with E-state index in [1.807, 2.05) is 112 Å². The predicted octanol–water partition coefficient (Wildman–Crippen LogP) is 11.0. The molecule has 15 N–H and O–H groups in total. The van der Waals surface area contributed by atoms with Crippen molar-refractivity contribution in [2.45, 2.75) is 184 Å². The Kier molecular flexibility index (Phi) is 96.5. The predicted molar refractivity (Wildman–Crippen MR) is 566 cm³/mol. The standard InChI is InChI=1S/C14H26N6O.C13H17NO3.C12H11NO3.C12H15NO3.C9H16ClN5.C8H7ClO2.C8H5NO3.C5H11NO.C4H9NO.C3H6I.C2H5I.C2H6.CH2O3.2ClH.2K.H4N2.H2O4S.V.H/c1-4-8-15-12-17-13(16-9-5-2)19-14(18-12)20(3)21-10-11-6-7-11;1-14(17-10-12-7-8-12)13(15)16-9-11-5-3-2-4-6-11;14-11-9-3-1-2-4-10(9)12(15)13(11)16-7-8-5-6-8;14-12(13-16-9-11-6-7-11)15-8-10-4-2-1-3-5-10;1-3-5-11-8-13-7(10)14-9(15-8)12-6-4-2;9-8(10)11-6-7-4-2-1-3-5-7;10-7-5-3-1-2-4-6(5)8(11)9(7)12;1-6-7-4-5-2-3-5;5-6-3-4-1-2-4;1-2-3-4;1-2-3;1-2;2-1-4-3;;;;;1-2;1-5(2,3)4;;/h11H,4-10H2,1-3H3,(H2,15,16,17,18,19);2-6,12H,7-10H2,1H3;1-4,8H,5-7H2;1-5,11H,6-9H2,(H,13,14);3-6H2,1-2H3,(H2,11,12,13,14,15);1-5H,6H2;1-4,12H;5-6H,2-4H2,1H3;4H,1-3,5H2;3H,2H2,1H3;2H2,1H3;1-2H3;1,3H;2*1H;;;1-2H2;(H2,1,2,3,4);;/q;;;;;;;;;-1;;;;;;2*+1;;;;-1/p-1. The fourth-order valence-corrected chi connectivity index (χ4v) is 10.1. The molecule has 6 amide bonds. The number of aromatic nitrogens is 6. The summed E-state index contributed by atoms with van der Waals surface area (Å²) in [5, 5.41) is 33.9. The summed E-state index contributed by atoms with van der Waals surface area (Å²) in [6, 6.07) is 41.6. The number of nitrogens with zero attached hydrogens (tertiary/aromatic N) is 10. The molecule has 6 fully saturated rings. The molecule has 0 unspecified atom stereocenters. The number of halogens is 6. The van der Waals surface area contributed by atoms with E-state index in [2.05, 4.69) is 179 Å². The third-order valence-corrected chi connectivity index (χ3v) is 19.3. The molecule has 146 heavy (non-hydrogen) atoms. The minimum absolute atomic E-state index is 0. The number of anilines is 5. The zero-order valence-electron chi connectivity index (χ0n) is 86.1. The van der Waals surface area contributed by atoms with Gasteiger partial charge >= 0.3 is 131 Å². The number of benzene rings is 5. The molecule has 2 aromatic heterocycles. The van der Waals surface area contributed by atoms with Crippen LogP contribution in [0.1, 0.15) is 224 Å². The molecule has 1 radical (unpaired) electrons. The first-order chi connectivity index (χ1) is 68.0. The molecule has 15 rings (SSSR count). The van der Waals surface area contributed by atoms with Crippen molar-refractivity contribution in [2.75, 3.05) is 118 Å². The van der Waals surface area contributed by atoms with Crippen molar-refractivity contribution in [1.29, 1.82) is 0 Å². The van der Waals surface area contributed by atoms with Gasteiger partial charge in [-0.3, -0.25) is 73.7 Å². The van der Waals surface area contributed by atoms with Crippen LogP contribution in [0.25, 0.3) is 0 Å². The first kappa shape index (κ1) is 149. The van der Waals surface area contributed by atoms with E-state index in [0.29, 0.717) is 84.4 Å². The Morgan fingerprint density at radius 3 is 1.15 bits per heavy atom. The number of ether oxygens (including phenoxy) is 3. The van der Waals surface area contributed by atoms with Crippen molar-refractivity contribution in [3.63, 3.8) is 0 Å². The summed E-state index contributed by atoms with van der Waals surface area (Å²) in [6.07, 6.45) is 19.2. The van der Waals surface area contributed by atoms with E-state index < -0.39 is 39.8 Å². The smallest absolute Gasteiger partial charge is 1.00 e. The molecule has 2 aliphatic heterocycles. The fraction of sp³-hybridized carbons (Fsp3) is 0.516. The molecule has 7 aromatic rings. The van der Waals surface area contributed by atoms with Crippen LogP contribution in [-0.4, -0.2) is 207 Å². The number of alkyl halides is 1. The van der Waals surface area contributed by atoms with Gasteiger partial charge in [-0.25, -0.2) is 30.8 Å². The van der Waals surface area contributed by atoms with Gasteiger partial charge in [0.2, 0.25) is 29.1 Å². The molecular weight excluding hydrogens is 2320 g/mol. The van der Waals surface area contributed by atoms with E-state index in [9.17, 15) is 33.6 Å². The summed E-state index contributed by atoms with van der Waals surface area (Å²) in [6.45, 7) is 24.6. The number of nitrogens with one attached hydrogen (secondary N) is 6. The van der Waals surface area contributed by atoms with Crippen LogP contribution in [0.15, 0.2) is 140 Å². The van der Waals surface area contributed by atoms with Crippen LogP contribution in [0.4, 0.5) is 44.1 Å². The Bertz CT molecular complexity index is 4570. The number of rotatable bonds is 38. The maximum absolute atomic E-state index is 11.8. The number of carbonyl (C=O) groups excluding carboxylic acids is 8. The van der Waals surface area contributed by atoms with Gasteiger partial charge in [-0.1, -0.05) is 193 Å². The van der Waals surface area contributed by atoms with E-state index >= 15 is 0 Å². The Morgan fingerprint density at radius 1 is 0.534 bits per heavy atom. The summed E-state index contributed by atoms with van der Waals surface area (Å²) in [7, 11) is 0.545. The quantitative estimate of drug-likeness (QED) is 0.00136. The van der Waals surface area contributed by atoms with E-state index in [4.69, 9.17) is 95.5 Å². The Balaban J connectivity index is -0.000000374. The SMILES string of the molecule is CC.CCCNc1nc(Cl)nc(NCCC)n1.CCCNc1nc(NCCC)nc(N(C)OCC2CC2)n1.CCI.CC[CH-]I.CN(OCC1CC1)C(=O)OCc1ccccc1.CNOCC1CC1.Cl.Cl.NN.NOCC1CC1.O=C(Cl)OCc1ccccc1.O=C(NOCC1CC1)OCc1ccccc1.O=C1c2ccccc2C(=O)N1O.O=C1c2ccccc2C(=O)N1OCC1CC1.O=CO[O-].O=S(=O)(O)O.[H-].[K+].[K+].[V]. The van der Waals surface area contributed by atoms with Gasteiger partial charge in [0.1, 0.15) is 19.8 Å². The van der Waals surface area contributed by atoms with Crippen LogP contribution in [0, 0.1) is 39.9 Å². The fourth-order valence-electron chi connectivity index (χ4n) is 9.84. The topological polar surface area (TPSA) is 587 Å². The van der Waals surface area contributed by atoms with Crippen LogP contribution in [-0.2, 0) is 102 Å². The second-order valence-corrected chi connectivity index (χ2v) is 34.5. The Hall–Kier alpha value is -5.25. The second kappa shape index (κ2) is 94.5. The summed E-state index contributed by atoms with van der Waals surface area (Å²) in [5.74, 6) is 17.6. The maximum Gasteiger partial charge on any atom is 1.00 e. The van der Waals surface area contributed by atoms with Crippen molar-refractivity contribution < 1.29 is 237 Å². The average molecular weight is 2470 g/mol. The van der Waals surface area contributed by atoms with Crippen LogP contribution in [0.5, 0.6) is 0 Å². The molecule has 0 saturated heterocycles. The van der Waals surface area contributed by atoms with Gasteiger partial charge in [0, 0.05) is 77.5 Å². The molecule has 6 saturated carbocycles. The van der Waals surface area contributed by atoms with E-state index in [-0.39, 0.29) is 207 Å². The Labute approximate surface area is 1010 Å². The van der Waals surface area contributed by atoms with Crippen LogP contribution < -0.4 is 163 Å². The van der Waals surface area contributed by atoms with Gasteiger partial charge in [-0.15, -0.1) is 34.9 Å². The van der Waals surface area contributed by atoms with E-state index in [1.165, 1.54) is 92.3 Å². The molecule has 6 aliphatic carbocycles. The van der Waals surface area contributed by atoms with Crippen molar-refractivity contribution in [2.24, 2.45) is 53.1 Å². The Morgan fingerprint density at radius 2 is 0.836 bits per heavy atom. The van der Waals surface area contributed by atoms with Gasteiger partial charge in [0.05, 0.1) is 61.9 Å². The third kappa shape index (κ3) is 78.0. The second-order valence-electron chi connectivity index (χ2n) is 30.5.